The summed E-state index contributed by atoms with van der Waals surface area (Å²) in [6.45, 7) is 1.19. The lowest BCUT2D eigenvalue weighted by molar-refractivity contribution is -0.109. The maximum absolute atomic E-state index is 10.6. The van der Waals surface area contributed by atoms with Crippen molar-refractivity contribution in [3.05, 3.63) is 35.2 Å². The van der Waals surface area contributed by atoms with Gasteiger partial charge in [-0.2, -0.15) is 5.26 Å². The van der Waals surface area contributed by atoms with Crippen LogP contribution in [0.4, 0.5) is 5.13 Å². The third kappa shape index (κ3) is 4.38. The van der Waals surface area contributed by atoms with Crippen LogP contribution in [0.2, 0.25) is 0 Å². The van der Waals surface area contributed by atoms with E-state index in [4.69, 9.17) is 5.26 Å². The van der Waals surface area contributed by atoms with Crippen molar-refractivity contribution in [1.29, 1.82) is 5.26 Å². The van der Waals surface area contributed by atoms with Crippen LogP contribution < -0.4 is 5.32 Å². The molecule has 22 heavy (non-hydrogen) atoms. The topological polar surface area (TPSA) is 69.0 Å². The van der Waals surface area contributed by atoms with Gasteiger partial charge in [0.2, 0.25) is 0 Å². The van der Waals surface area contributed by atoms with E-state index in [-0.39, 0.29) is 6.54 Å². The fraction of sp³-hybridized carbons (Fsp3) is 0.312. The maximum atomic E-state index is 10.6. The minimum absolute atomic E-state index is 0.286. The van der Waals surface area contributed by atoms with Gasteiger partial charge in [-0.05, 0) is 19.7 Å². The van der Waals surface area contributed by atoms with E-state index in [0.29, 0.717) is 6.29 Å². The molecule has 2 aromatic rings. The number of hydrogen-bond acceptors (Lipinski definition) is 6. The number of anilines is 1. The van der Waals surface area contributed by atoms with E-state index in [2.05, 4.69) is 39.5 Å². The number of benzene rings is 1. The molecule has 1 aromatic carbocycles. The molecule has 0 aliphatic carbocycles. The van der Waals surface area contributed by atoms with Crippen LogP contribution in [-0.4, -0.2) is 36.8 Å². The summed E-state index contributed by atoms with van der Waals surface area (Å²) in [5, 5.41) is 14.4. The highest BCUT2D eigenvalue weighted by atomic mass is 32.1. The third-order valence-corrected chi connectivity index (χ3v) is 3.86. The zero-order valence-electron chi connectivity index (χ0n) is 12.6. The molecule has 114 valence electrons. The van der Waals surface area contributed by atoms with Crippen LogP contribution in [0, 0.1) is 17.2 Å². The van der Waals surface area contributed by atoms with E-state index in [1.807, 2.05) is 25.5 Å². The Hall–Kier alpha value is -2.23. The number of nitriles is 1. The Labute approximate surface area is 134 Å². The average Bonchev–Trinajstić information content (AvgIpc) is 2.97. The predicted octanol–water partition coefficient (Wildman–Crippen LogP) is 2.62. The lowest BCUT2D eigenvalue weighted by atomic mass is 10.1. The SMILES string of the molecule is CN(C)Cc1ccc(-c2csc(NCC(C#N)C=O)n2)cc1. The molecular formula is C16H18N4OS. The van der Waals surface area contributed by atoms with E-state index in [1.54, 1.807) is 0 Å². The van der Waals surface area contributed by atoms with Gasteiger partial charge in [0.1, 0.15) is 12.2 Å². The fourth-order valence-electron chi connectivity index (χ4n) is 1.96. The Balaban J connectivity index is 2.02. The third-order valence-electron chi connectivity index (χ3n) is 3.06. The molecule has 2 rings (SSSR count). The molecule has 0 aliphatic heterocycles. The molecule has 1 N–H and O–H groups in total. The predicted molar refractivity (Wildman–Crippen MR) is 88.6 cm³/mol. The Morgan fingerprint density at radius 2 is 2.14 bits per heavy atom. The molecule has 1 atom stereocenters. The van der Waals surface area contributed by atoms with Crippen molar-refractivity contribution in [2.24, 2.45) is 5.92 Å². The molecule has 0 aliphatic rings. The molecule has 1 unspecified atom stereocenters. The first-order valence-electron chi connectivity index (χ1n) is 6.90. The smallest absolute Gasteiger partial charge is 0.183 e. The van der Waals surface area contributed by atoms with Crippen molar-refractivity contribution in [3.8, 4) is 17.3 Å². The van der Waals surface area contributed by atoms with E-state index in [1.165, 1.54) is 16.9 Å². The summed E-state index contributed by atoms with van der Waals surface area (Å²) in [6.07, 6.45) is 0.644. The standard InChI is InChI=1S/C16H18N4OS/c1-20(2)9-12-3-5-14(6-4-12)15-11-22-16(19-15)18-8-13(7-17)10-21/h3-6,10-11,13H,8-9H2,1-2H3,(H,18,19). The van der Waals surface area contributed by atoms with Crippen molar-refractivity contribution in [2.75, 3.05) is 26.0 Å². The molecule has 0 radical (unpaired) electrons. The monoisotopic (exact) mass is 314 g/mol. The van der Waals surface area contributed by atoms with Gasteiger partial charge in [0.05, 0.1) is 11.8 Å². The van der Waals surface area contributed by atoms with Gasteiger partial charge < -0.3 is 15.0 Å². The molecule has 6 heteroatoms. The highest BCUT2D eigenvalue weighted by molar-refractivity contribution is 7.14. The molecule has 0 amide bonds. The quantitative estimate of drug-likeness (QED) is 0.796. The molecule has 0 spiro atoms. The normalized spacial score (nSPS) is 11.9. The van der Waals surface area contributed by atoms with Gasteiger partial charge >= 0.3 is 0 Å². The number of carbonyl (C=O) groups excluding carboxylic acids is 1. The van der Waals surface area contributed by atoms with Gasteiger partial charge in [-0.25, -0.2) is 4.98 Å². The van der Waals surface area contributed by atoms with Crippen molar-refractivity contribution in [1.82, 2.24) is 9.88 Å². The largest absolute Gasteiger partial charge is 0.360 e. The summed E-state index contributed by atoms with van der Waals surface area (Å²) in [5.74, 6) is -0.641. The average molecular weight is 314 g/mol. The number of rotatable bonds is 7. The number of hydrogen-bond donors (Lipinski definition) is 1. The molecular weight excluding hydrogens is 296 g/mol. The minimum Gasteiger partial charge on any atom is -0.360 e. The minimum atomic E-state index is -0.641. The Kier molecular flexibility index (Phi) is 5.64. The van der Waals surface area contributed by atoms with Gasteiger partial charge in [0, 0.05) is 24.0 Å². The Bertz CT molecular complexity index is 658. The van der Waals surface area contributed by atoms with Gasteiger partial charge in [-0.3, -0.25) is 0 Å². The number of nitrogens with one attached hydrogen (secondary N) is 1. The van der Waals surface area contributed by atoms with E-state index in [9.17, 15) is 4.79 Å². The summed E-state index contributed by atoms with van der Waals surface area (Å²) in [7, 11) is 4.08. The molecule has 0 bridgehead atoms. The van der Waals surface area contributed by atoms with Crippen molar-refractivity contribution < 1.29 is 4.79 Å². The van der Waals surface area contributed by atoms with Gasteiger partial charge in [-0.1, -0.05) is 24.3 Å². The summed E-state index contributed by atoms with van der Waals surface area (Å²) in [4.78, 5) is 17.2. The maximum Gasteiger partial charge on any atom is 0.183 e. The van der Waals surface area contributed by atoms with Crippen LogP contribution in [-0.2, 0) is 11.3 Å². The first-order chi connectivity index (χ1) is 10.6. The van der Waals surface area contributed by atoms with E-state index in [0.717, 1.165) is 22.9 Å². The molecule has 1 aromatic heterocycles. The number of aromatic nitrogens is 1. The number of thiazole rings is 1. The summed E-state index contributed by atoms with van der Waals surface area (Å²) >= 11 is 1.47. The molecule has 0 fully saturated rings. The summed E-state index contributed by atoms with van der Waals surface area (Å²) < 4.78 is 0. The van der Waals surface area contributed by atoms with Crippen LogP contribution in [0.1, 0.15) is 5.56 Å². The van der Waals surface area contributed by atoms with Crippen LogP contribution in [0.15, 0.2) is 29.6 Å². The van der Waals surface area contributed by atoms with Crippen LogP contribution in [0.5, 0.6) is 0 Å². The van der Waals surface area contributed by atoms with Crippen molar-refractivity contribution >= 4 is 22.8 Å². The lowest BCUT2D eigenvalue weighted by Crippen LogP contribution is -2.13. The summed E-state index contributed by atoms with van der Waals surface area (Å²) in [5.41, 5.74) is 3.20. The molecule has 0 saturated heterocycles. The van der Waals surface area contributed by atoms with E-state index >= 15 is 0 Å². The zero-order chi connectivity index (χ0) is 15.9. The Morgan fingerprint density at radius 1 is 1.41 bits per heavy atom. The van der Waals surface area contributed by atoms with Crippen LogP contribution in [0.25, 0.3) is 11.3 Å². The molecule has 5 nitrogen and oxygen atoms in total. The second kappa shape index (κ2) is 7.69. The van der Waals surface area contributed by atoms with Crippen molar-refractivity contribution in [2.45, 2.75) is 6.54 Å². The second-order valence-electron chi connectivity index (χ2n) is 5.23. The lowest BCUT2D eigenvalue weighted by Gasteiger charge is -2.09. The second-order valence-corrected chi connectivity index (χ2v) is 6.08. The molecule has 1 heterocycles. The van der Waals surface area contributed by atoms with Crippen LogP contribution in [0.3, 0.4) is 0 Å². The first-order valence-corrected chi connectivity index (χ1v) is 7.78. The van der Waals surface area contributed by atoms with Gasteiger partial charge in [0.15, 0.2) is 5.13 Å². The van der Waals surface area contributed by atoms with Crippen LogP contribution >= 0.6 is 11.3 Å². The number of nitrogens with zero attached hydrogens (tertiary/aromatic N) is 3. The fourth-order valence-corrected chi connectivity index (χ4v) is 2.68. The summed E-state index contributed by atoms with van der Waals surface area (Å²) in [6, 6.07) is 10.2. The number of aldehydes is 1. The van der Waals surface area contributed by atoms with Gasteiger partial charge in [-0.15, -0.1) is 11.3 Å². The molecule has 0 saturated carbocycles. The van der Waals surface area contributed by atoms with Gasteiger partial charge in [0.25, 0.3) is 0 Å². The first kappa shape index (κ1) is 16.1. The number of carbonyl (C=O) groups is 1. The van der Waals surface area contributed by atoms with E-state index < -0.39 is 5.92 Å². The van der Waals surface area contributed by atoms with Crippen molar-refractivity contribution in [3.63, 3.8) is 0 Å². The Morgan fingerprint density at radius 3 is 2.73 bits per heavy atom. The highest BCUT2D eigenvalue weighted by Crippen LogP contribution is 2.25. The highest BCUT2D eigenvalue weighted by Gasteiger charge is 2.08. The zero-order valence-corrected chi connectivity index (χ0v) is 13.4.